The smallest absolute Gasteiger partial charge is 0.244 e. The molecule has 0 spiro atoms. The highest BCUT2D eigenvalue weighted by Crippen LogP contribution is 2.25. The molecule has 10 heteroatoms. The van der Waals surface area contributed by atoms with Crippen molar-refractivity contribution in [1.82, 2.24) is 24.1 Å². The van der Waals surface area contributed by atoms with E-state index in [9.17, 15) is 8.42 Å². The quantitative estimate of drug-likeness (QED) is 0.701. The van der Waals surface area contributed by atoms with Gasteiger partial charge < -0.3 is 9.80 Å². The van der Waals surface area contributed by atoms with Gasteiger partial charge in [-0.15, -0.1) is 11.3 Å². The van der Waals surface area contributed by atoms with Crippen LogP contribution in [0.1, 0.15) is 18.0 Å². The summed E-state index contributed by atoms with van der Waals surface area (Å²) >= 11 is 1.70. The zero-order valence-electron chi connectivity index (χ0n) is 16.9. The van der Waals surface area contributed by atoms with Crippen molar-refractivity contribution in [3.05, 3.63) is 34.9 Å². The first kappa shape index (κ1) is 20.7. The number of hydrogen-bond donors (Lipinski definition) is 0. The van der Waals surface area contributed by atoms with Crippen LogP contribution in [0.25, 0.3) is 0 Å². The number of aromatic nitrogens is 2. The number of anilines is 1. The second-order valence-corrected chi connectivity index (χ2v) is 10.5. The van der Waals surface area contributed by atoms with E-state index >= 15 is 0 Å². The first-order valence-electron chi connectivity index (χ1n) is 9.98. The van der Waals surface area contributed by atoms with E-state index < -0.39 is 10.0 Å². The highest BCUT2D eigenvalue weighted by molar-refractivity contribution is 7.89. The largest absolute Gasteiger partial charge is 0.354 e. The van der Waals surface area contributed by atoms with Crippen LogP contribution in [-0.2, 0) is 10.0 Å². The first-order valence-corrected chi connectivity index (χ1v) is 12.3. The number of piperazine rings is 2. The molecule has 4 heterocycles. The van der Waals surface area contributed by atoms with E-state index in [1.807, 2.05) is 24.7 Å². The summed E-state index contributed by atoms with van der Waals surface area (Å²) in [4.78, 5) is 16.0. The first-order chi connectivity index (χ1) is 13.9. The average Bonchev–Trinajstić information content (AvgIpc) is 3.29. The van der Waals surface area contributed by atoms with E-state index in [1.54, 1.807) is 21.7 Å². The Kier molecular flexibility index (Phi) is 6.16. The predicted octanol–water partition coefficient (Wildman–Crippen LogP) is 1.36. The summed E-state index contributed by atoms with van der Waals surface area (Å²) in [5, 5.41) is 3.17. The molecule has 1 atom stereocenters. The van der Waals surface area contributed by atoms with Crippen molar-refractivity contribution in [3.63, 3.8) is 0 Å². The molecule has 0 aliphatic carbocycles. The van der Waals surface area contributed by atoms with E-state index in [2.05, 4.69) is 31.6 Å². The van der Waals surface area contributed by atoms with Crippen molar-refractivity contribution in [2.24, 2.45) is 0 Å². The molecule has 0 aromatic carbocycles. The summed E-state index contributed by atoms with van der Waals surface area (Å²) in [7, 11) is -1.45. The molecule has 0 saturated carbocycles. The Hall–Kier alpha value is -1.59. The minimum atomic E-state index is -3.47. The molecular formula is C19H28N6O2S2. The lowest BCUT2D eigenvalue weighted by atomic mass is 10.2. The van der Waals surface area contributed by atoms with Crippen LogP contribution in [0.15, 0.2) is 34.8 Å². The van der Waals surface area contributed by atoms with Gasteiger partial charge in [0.15, 0.2) is 0 Å². The zero-order valence-corrected chi connectivity index (χ0v) is 18.6. The van der Waals surface area contributed by atoms with Crippen molar-refractivity contribution in [2.75, 3.05) is 64.3 Å². The molecule has 2 aromatic heterocycles. The Morgan fingerprint density at radius 3 is 2.31 bits per heavy atom. The van der Waals surface area contributed by atoms with Crippen LogP contribution < -0.4 is 4.90 Å². The molecule has 1 unspecified atom stereocenters. The lowest BCUT2D eigenvalue weighted by Crippen LogP contribution is -2.47. The molecule has 2 aliphatic heterocycles. The second kappa shape index (κ2) is 8.65. The van der Waals surface area contributed by atoms with Crippen LogP contribution >= 0.6 is 11.3 Å². The Labute approximate surface area is 176 Å². The summed E-state index contributed by atoms with van der Waals surface area (Å²) in [6.45, 7) is 8.38. The number of nitrogens with zero attached hydrogens (tertiary/aromatic N) is 6. The fraction of sp³-hybridized carbons (Fsp3) is 0.579. The van der Waals surface area contributed by atoms with Crippen molar-refractivity contribution in [3.8, 4) is 0 Å². The Balaban J connectivity index is 1.37. The fourth-order valence-corrected chi connectivity index (χ4v) is 5.92. The summed E-state index contributed by atoms with van der Waals surface area (Å²) < 4.78 is 27.3. The molecule has 2 aromatic rings. The van der Waals surface area contributed by atoms with Gasteiger partial charge in [0, 0.05) is 70.1 Å². The molecule has 0 amide bonds. The molecule has 0 radical (unpaired) electrons. The maximum absolute atomic E-state index is 12.9. The lowest BCUT2D eigenvalue weighted by molar-refractivity contribution is 0.198. The number of likely N-dealkylation sites (N-methyl/N-ethyl adjacent to an activating group) is 1. The minimum absolute atomic E-state index is 0.279. The molecular weight excluding hydrogens is 408 g/mol. The molecule has 29 heavy (non-hydrogen) atoms. The number of thiazole rings is 1. The Morgan fingerprint density at radius 2 is 1.72 bits per heavy atom. The maximum Gasteiger partial charge on any atom is 0.244 e. The molecule has 0 bridgehead atoms. The standard InChI is InChI=1S/C19H28N6O2S2/c1-16(19-20-5-14-28-19)23-8-10-24(11-9-23)18-4-3-17(15-21-18)29(26,27)25-12-6-22(2)7-13-25/h3-5,14-16H,6-13H2,1-2H3. The third kappa shape index (κ3) is 4.46. The van der Waals surface area contributed by atoms with Crippen LogP contribution in [-0.4, -0.2) is 91.9 Å². The topological polar surface area (TPSA) is 72.9 Å². The zero-order chi connectivity index (χ0) is 20.4. The summed E-state index contributed by atoms with van der Waals surface area (Å²) in [6, 6.07) is 3.85. The lowest BCUT2D eigenvalue weighted by Gasteiger charge is -2.38. The Morgan fingerprint density at radius 1 is 1.00 bits per heavy atom. The summed E-state index contributed by atoms with van der Waals surface area (Å²) in [5.74, 6) is 0.837. The van der Waals surface area contributed by atoms with Gasteiger partial charge in [0.25, 0.3) is 0 Å². The van der Waals surface area contributed by atoms with Gasteiger partial charge in [-0.05, 0) is 26.1 Å². The van der Waals surface area contributed by atoms with Crippen molar-refractivity contribution in [1.29, 1.82) is 0 Å². The van der Waals surface area contributed by atoms with Gasteiger partial charge in [-0.3, -0.25) is 4.90 Å². The van der Waals surface area contributed by atoms with Gasteiger partial charge in [-0.2, -0.15) is 4.31 Å². The Bertz CT molecular complexity index is 887. The van der Waals surface area contributed by atoms with Crippen LogP contribution in [0.2, 0.25) is 0 Å². The molecule has 0 N–H and O–H groups in total. The van der Waals surface area contributed by atoms with Crippen molar-refractivity contribution < 1.29 is 8.42 Å². The van der Waals surface area contributed by atoms with Gasteiger partial charge in [0.2, 0.25) is 10.0 Å². The molecule has 2 aliphatic rings. The van der Waals surface area contributed by atoms with Gasteiger partial charge in [-0.25, -0.2) is 18.4 Å². The molecule has 2 saturated heterocycles. The number of rotatable bonds is 5. The van der Waals surface area contributed by atoms with E-state index in [0.29, 0.717) is 19.1 Å². The molecule has 158 valence electrons. The second-order valence-electron chi connectivity index (χ2n) is 7.63. The maximum atomic E-state index is 12.9. The van der Waals surface area contributed by atoms with Crippen LogP contribution in [0.5, 0.6) is 0 Å². The summed E-state index contributed by atoms with van der Waals surface area (Å²) in [5.41, 5.74) is 0. The fourth-order valence-electron chi connectivity index (χ4n) is 3.82. The van der Waals surface area contributed by atoms with Crippen molar-refractivity contribution in [2.45, 2.75) is 17.9 Å². The van der Waals surface area contributed by atoms with E-state index in [1.165, 1.54) is 6.20 Å². The monoisotopic (exact) mass is 436 g/mol. The number of pyridine rings is 1. The van der Waals surface area contributed by atoms with Crippen LogP contribution in [0.3, 0.4) is 0 Å². The van der Waals surface area contributed by atoms with Crippen LogP contribution in [0, 0.1) is 0 Å². The van der Waals surface area contributed by atoms with E-state index in [0.717, 1.165) is 50.1 Å². The van der Waals surface area contributed by atoms with Crippen LogP contribution in [0.4, 0.5) is 5.82 Å². The SMILES string of the molecule is CC(c1nccs1)N1CCN(c2ccc(S(=O)(=O)N3CCN(C)CC3)cn2)CC1. The average molecular weight is 437 g/mol. The van der Waals surface area contributed by atoms with Crippen molar-refractivity contribution >= 4 is 27.2 Å². The van der Waals surface area contributed by atoms with E-state index in [4.69, 9.17) is 0 Å². The molecule has 2 fully saturated rings. The van der Waals surface area contributed by atoms with E-state index in [-0.39, 0.29) is 4.90 Å². The van der Waals surface area contributed by atoms with Gasteiger partial charge in [0.05, 0.1) is 6.04 Å². The molecule has 8 nitrogen and oxygen atoms in total. The number of sulfonamides is 1. The predicted molar refractivity (Wildman–Crippen MR) is 115 cm³/mol. The van der Waals surface area contributed by atoms with Gasteiger partial charge in [0.1, 0.15) is 15.7 Å². The highest BCUT2D eigenvalue weighted by Gasteiger charge is 2.28. The van der Waals surface area contributed by atoms with Gasteiger partial charge >= 0.3 is 0 Å². The molecule has 4 rings (SSSR count). The third-order valence-electron chi connectivity index (χ3n) is 5.82. The number of hydrogen-bond acceptors (Lipinski definition) is 8. The highest BCUT2D eigenvalue weighted by atomic mass is 32.2. The minimum Gasteiger partial charge on any atom is -0.354 e. The van der Waals surface area contributed by atoms with Gasteiger partial charge in [-0.1, -0.05) is 0 Å². The normalized spacial score (nSPS) is 21.4. The summed E-state index contributed by atoms with van der Waals surface area (Å²) in [6.07, 6.45) is 3.36. The third-order valence-corrected chi connectivity index (χ3v) is 8.64.